The number of carbonyl (C=O) groups excluding carboxylic acids is 1. The molecular formula is C19H21F2NO4. The summed E-state index contributed by atoms with van der Waals surface area (Å²) < 4.78 is 39.6. The molecule has 140 valence electrons. The lowest BCUT2D eigenvalue weighted by molar-refractivity contribution is -0.0512. The molecule has 7 heteroatoms. The van der Waals surface area contributed by atoms with Crippen LogP contribution < -0.4 is 14.2 Å². The molecule has 1 unspecified atom stereocenters. The first-order chi connectivity index (χ1) is 12.4. The van der Waals surface area contributed by atoms with E-state index >= 15 is 0 Å². The summed E-state index contributed by atoms with van der Waals surface area (Å²) >= 11 is 0. The molecule has 0 spiro atoms. The highest BCUT2D eigenvalue weighted by Gasteiger charge is 2.23. The van der Waals surface area contributed by atoms with Gasteiger partial charge in [-0.15, -0.1) is 0 Å². The van der Waals surface area contributed by atoms with Crippen LogP contribution in [0.15, 0.2) is 42.5 Å². The van der Waals surface area contributed by atoms with E-state index in [1.807, 2.05) is 31.2 Å². The van der Waals surface area contributed by atoms with Crippen molar-refractivity contribution >= 4 is 5.91 Å². The number of methoxy groups -OCH3 is 2. The highest BCUT2D eigenvalue weighted by Crippen LogP contribution is 2.32. The second-order valence-electron chi connectivity index (χ2n) is 5.58. The number of rotatable bonds is 7. The van der Waals surface area contributed by atoms with Gasteiger partial charge in [-0.2, -0.15) is 8.78 Å². The number of hydrogen-bond acceptors (Lipinski definition) is 4. The zero-order valence-electron chi connectivity index (χ0n) is 15.0. The Labute approximate surface area is 151 Å². The first kappa shape index (κ1) is 19.5. The van der Waals surface area contributed by atoms with E-state index in [0.717, 1.165) is 5.56 Å². The summed E-state index contributed by atoms with van der Waals surface area (Å²) in [6, 6.07) is 11.3. The summed E-state index contributed by atoms with van der Waals surface area (Å²) in [5, 5.41) is 0. The standard InChI is InChI=1S/C19H21F2NO4/c1-12(14-7-5-6-8-15(14)24-3)22(2)18(23)13-9-10-16(26-19(20)21)17(11-13)25-4/h5-12,19H,1-4H3. The lowest BCUT2D eigenvalue weighted by Crippen LogP contribution is -2.30. The predicted octanol–water partition coefficient (Wildman–Crippen LogP) is 4.14. The van der Waals surface area contributed by atoms with E-state index in [9.17, 15) is 13.6 Å². The van der Waals surface area contributed by atoms with Crippen LogP contribution in [0.1, 0.15) is 28.9 Å². The monoisotopic (exact) mass is 365 g/mol. The van der Waals surface area contributed by atoms with Gasteiger partial charge in [0, 0.05) is 18.2 Å². The Morgan fingerprint density at radius 1 is 1.00 bits per heavy atom. The van der Waals surface area contributed by atoms with E-state index in [1.54, 1.807) is 19.1 Å². The van der Waals surface area contributed by atoms with Crippen LogP contribution >= 0.6 is 0 Å². The van der Waals surface area contributed by atoms with Crippen LogP contribution in [0.25, 0.3) is 0 Å². The second kappa shape index (κ2) is 8.51. The molecule has 0 saturated carbocycles. The largest absolute Gasteiger partial charge is 0.496 e. The van der Waals surface area contributed by atoms with Crippen LogP contribution in [-0.4, -0.2) is 38.7 Å². The minimum absolute atomic E-state index is 0.0643. The molecule has 0 radical (unpaired) electrons. The van der Waals surface area contributed by atoms with Gasteiger partial charge in [-0.1, -0.05) is 18.2 Å². The van der Waals surface area contributed by atoms with E-state index in [4.69, 9.17) is 9.47 Å². The van der Waals surface area contributed by atoms with E-state index in [2.05, 4.69) is 4.74 Å². The predicted molar refractivity (Wildman–Crippen MR) is 93.1 cm³/mol. The number of ether oxygens (including phenoxy) is 3. The Hall–Kier alpha value is -2.83. The molecule has 0 aliphatic rings. The van der Waals surface area contributed by atoms with Crippen molar-refractivity contribution in [1.82, 2.24) is 4.90 Å². The van der Waals surface area contributed by atoms with Gasteiger partial charge in [-0.3, -0.25) is 4.79 Å². The lowest BCUT2D eigenvalue weighted by atomic mass is 10.0. The Bertz CT molecular complexity index is 767. The molecule has 26 heavy (non-hydrogen) atoms. The van der Waals surface area contributed by atoms with Crippen molar-refractivity contribution in [2.75, 3.05) is 21.3 Å². The molecule has 0 saturated heterocycles. The molecule has 0 N–H and O–H groups in total. The van der Waals surface area contributed by atoms with Gasteiger partial charge in [0.25, 0.3) is 5.91 Å². The average molecular weight is 365 g/mol. The number of nitrogens with zero attached hydrogens (tertiary/aromatic N) is 1. The maximum atomic E-state index is 12.8. The number of hydrogen-bond donors (Lipinski definition) is 0. The zero-order valence-corrected chi connectivity index (χ0v) is 15.0. The molecule has 1 atom stereocenters. The van der Waals surface area contributed by atoms with Crippen molar-refractivity contribution < 1.29 is 27.8 Å². The van der Waals surface area contributed by atoms with Gasteiger partial charge in [0.05, 0.1) is 20.3 Å². The molecule has 0 bridgehead atoms. The van der Waals surface area contributed by atoms with Gasteiger partial charge in [0.15, 0.2) is 11.5 Å². The third-order valence-electron chi connectivity index (χ3n) is 4.12. The SMILES string of the molecule is COc1cc(C(=O)N(C)C(C)c2ccccc2OC)ccc1OC(F)F. The molecule has 5 nitrogen and oxygen atoms in total. The fraction of sp³-hybridized carbons (Fsp3) is 0.316. The van der Waals surface area contributed by atoms with Crippen LogP contribution in [0.4, 0.5) is 8.78 Å². The smallest absolute Gasteiger partial charge is 0.387 e. The number of alkyl halides is 2. The van der Waals surface area contributed by atoms with Gasteiger partial charge < -0.3 is 19.1 Å². The number of benzene rings is 2. The number of para-hydroxylation sites is 1. The van der Waals surface area contributed by atoms with Crippen molar-refractivity contribution in [3.63, 3.8) is 0 Å². The topological polar surface area (TPSA) is 48.0 Å². The van der Waals surface area contributed by atoms with Gasteiger partial charge in [0.2, 0.25) is 0 Å². The first-order valence-corrected chi connectivity index (χ1v) is 7.92. The molecule has 2 rings (SSSR count). The van der Waals surface area contributed by atoms with Crippen molar-refractivity contribution in [1.29, 1.82) is 0 Å². The van der Waals surface area contributed by atoms with Crippen molar-refractivity contribution in [3.05, 3.63) is 53.6 Å². The van der Waals surface area contributed by atoms with Crippen LogP contribution in [0.2, 0.25) is 0 Å². The summed E-state index contributed by atoms with van der Waals surface area (Å²) in [6.45, 7) is -1.10. The van der Waals surface area contributed by atoms with Crippen LogP contribution in [-0.2, 0) is 0 Å². The highest BCUT2D eigenvalue weighted by atomic mass is 19.3. The van der Waals surface area contributed by atoms with Crippen molar-refractivity contribution in [2.24, 2.45) is 0 Å². The van der Waals surface area contributed by atoms with Gasteiger partial charge in [0.1, 0.15) is 5.75 Å². The van der Waals surface area contributed by atoms with Crippen molar-refractivity contribution in [3.8, 4) is 17.2 Å². The quantitative estimate of drug-likeness (QED) is 0.740. The van der Waals surface area contributed by atoms with Gasteiger partial charge in [-0.05, 0) is 31.2 Å². The average Bonchev–Trinajstić information content (AvgIpc) is 2.66. The summed E-state index contributed by atoms with van der Waals surface area (Å²) in [5.41, 5.74) is 1.16. The fourth-order valence-electron chi connectivity index (χ4n) is 2.59. The zero-order chi connectivity index (χ0) is 19.3. The number of amides is 1. The van der Waals surface area contributed by atoms with Gasteiger partial charge >= 0.3 is 6.61 Å². The third-order valence-corrected chi connectivity index (χ3v) is 4.12. The highest BCUT2D eigenvalue weighted by molar-refractivity contribution is 5.95. The van der Waals surface area contributed by atoms with E-state index < -0.39 is 6.61 Å². The Balaban J connectivity index is 2.27. The Morgan fingerprint density at radius 2 is 1.65 bits per heavy atom. The van der Waals surface area contributed by atoms with Crippen LogP contribution in [0, 0.1) is 0 Å². The molecule has 0 fully saturated rings. The molecule has 1 amide bonds. The van der Waals surface area contributed by atoms with E-state index in [1.165, 1.54) is 25.3 Å². The Morgan fingerprint density at radius 3 is 2.27 bits per heavy atom. The molecule has 0 aromatic heterocycles. The molecule has 2 aromatic rings. The van der Waals surface area contributed by atoms with Crippen molar-refractivity contribution in [2.45, 2.75) is 19.6 Å². The third kappa shape index (κ3) is 4.22. The molecule has 0 heterocycles. The summed E-state index contributed by atoms with van der Waals surface area (Å²) in [7, 11) is 4.55. The molecule has 2 aromatic carbocycles. The minimum atomic E-state index is -2.97. The molecule has 0 aliphatic carbocycles. The lowest BCUT2D eigenvalue weighted by Gasteiger charge is -2.27. The van der Waals surface area contributed by atoms with Crippen LogP contribution in [0.5, 0.6) is 17.2 Å². The second-order valence-corrected chi connectivity index (χ2v) is 5.58. The maximum absolute atomic E-state index is 12.8. The first-order valence-electron chi connectivity index (χ1n) is 7.92. The van der Waals surface area contributed by atoms with E-state index in [-0.39, 0.29) is 23.4 Å². The molecule has 0 aliphatic heterocycles. The minimum Gasteiger partial charge on any atom is -0.496 e. The van der Waals surface area contributed by atoms with Gasteiger partial charge in [-0.25, -0.2) is 0 Å². The maximum Gasteiger partial charge on any atom is 0.387 e. The molecular weight excluding hydrogens is 344 g/mol. The van der Waals surface area contributed by atoms with E-state index in [0.29, 0.717) is 11.3 Å². The fourth-order valence-corrected chi connectivity index (χ4v) is 2.59. The number of carbonyl (C=O) groups is 1. The Kier molecular flexibility index (Phi) is 6.38. The summed E-state index contributed by atoms with van der Waals surface area (Å²) in [4.78, 5) is 14.3. The van der Waals surface area contributed by atoms with Crippen LogP contribution in [0.3, 0.4) is 0 Å². The number of halogens is 2. The normalized spacial score (nSPS) is 11.8. The summed E-state index contributed by atoms with van der Waals surface area (Å²) in [6.07, 6.45) is 0. The summed E-state index contributed by atoms with van der Waals surface area (Å²) in [5.74, 6) is 0.331.